The van der Waals surface area contributed by atoms with Gasteiger partial charge in [0.25, 0.3) is 5.69 Å². The zero-order valence-electron chi connectivity index (χ0n) is 15.7. The predicted molar refractivity (Wildman–Crippen MR) is 104 cm³/mol. The summed E-state index contributed by atoms with van der Waals surface area (Å²) < 4.78 is 5.34. The van der Waals surface area contributed by atoms with Gasteiger partial charge in [-0.1, -0.05) is 19.9 Å². The molecule has 0 radical (unpaired) electrons. The van der Waals surface area contributed by atoms with E-state index in [0.29, 0.717) is 5.56 Å². The van der Waals surface area contributed by atoms with Crippen molar-refractivity contribution in [3.05, 3.63) is 69.3 Å². The Hall–Kier alpha value is -3.02. The first-order valence-electron chi connectivity index (χ1n) is 8.99. The second kappa shape index (κ2) is 7.31. The lowest BCUT2D eigenvalue weighted by atomic mass is 9.84. The summed E-state index contributed by atoms with van der Waals surface area (Å²) >= 11 is 0. The van der Waals surface area contributed by atoms with Gasteiger partial charge in [-0.3, -0.25) is 19.9 Å². The minimum atomic E-state index is -0.477. The Bertz CT molecular complexity index is 912. The van der Waals surface area contributed by atoms with Gasteiger partial charge in [-0.2, -0.15) is 0 Å². The smallest absolute Gasteiger partial charge is 0.269 e. The standard InChI is InChI=1S/C21H22N2O4/c1-4-21(5-2)18-11-10-16(27-3)12-17(18)19(22-21)13-20(24)14-6-8-15(9-7-14)23(25)26/h6-12H,4-5,13H2,1-3H3. The molecule has 0 aliphatic carbocycles. The highest BCUT2D eigenvalue weighted by Gasteiger charge is 2.37. The van der Waals surface area contributed by atoms with Crippen molar-refractivity contribution in [2.75, 3.05) is 7.11 Å². The maximum Gasteiger partial charge on any atom is 0.269 e. The molecule has 0 atom stereocenters. The molecule has 0 spiro atoms. The number of Topliss-reactive ketones (excluding diaryl/α,β-unsaturated/α-hetero) is 1. The van der Waals surface area contributed by atoms with Crippen LogP contribution >= 0.6 is 0 Å². The van der Waals surface area contributed by atoms with Crippen LogP contribution in [0.1, 0.15) is 54.6 Å². The van der Waals surface area contributed by atoms with Gasteiger partial charge in [-0.15, -0.1) is 0 Å². The molecule has 140 valence electrons. The Kier molecular flexibility index (Phi) is 5.08. The van der Waals surface area contributed by atoms with E-state index in [1.807, 2.05) is 18.2 Å². The highest BCUT2D eigenvalue weighted by atomic mass is 16.6. The van der Waals surface area contributed by atoms with Gasteiger partial charge in [-0.25, -0.2) is 0 Å². The Labute approximate surface area is 158 Å². The number of carbonyl (C=O) groups excluding carboxylic acids is 1. The van der Waals surface area contributed by atoms with Crippen LogP contribution in [0.25, 0.3) is 0 Å². The molecule has 6 heteroatoms. The van der Waals surface area contributed by atoms with Crippen molar-refractivity contribution >= 4 is 17.2 Å². The lowest BCUT2D eigenvalue weighted by molar-refractivity contribution is -0.384. The number of nitrogens with zero attached hydrogens (tertiary/aromatic N) is 2. The Balaban J connectivity index is 1.94. The molecule has 2 aromatic rings. The molecule has 6 nitrogen and oxygen atoms in total. The number of ketones is 1. The lowest BCUT2D eigenvalue weighted by Crippen LogP contribution is -2.19. The summed E-state index contributed by atoms with van der Waals surface area (Å²) in [4.78, 5) is 28.0. The average molecular weight is 366 g/mol. The van der Waals surface area contributed by atoms with Crippen LogP contribution in [0.4, 0.5) is 5.69 Å². The van der Waals surface area contributed by atoms with Crippen LogP contribution in [0.5, 0.6) is 5.75 Å². The van der Waals surface area contributed by atoms with Crippen molar-refractivity contribution < 1.29 is 14.5 Å². The van der Waals surface area contributed by atoms with Gasteiger partial charge in [0, 0.05) is 23.3 Å². The van der Waals surface area contributed by atoms with Crippen molar-refractivity contribution in [1.82, 2.24) is 0 Å². The van der Waals surface area contributed by atoms with E-state index in [0.717, 1.165) is 35.4 Å². The lowest BCUT2D eigenvalue weighted by Gasteiger charge is -2.24. The summed E-state index contributed by atoms with van der Waals surface area (Å²) in [7, 11) is 1.61. The second-order valence-corrected chi connectivity index (χ2v) is 6.61. The van der Waals surface area contributed by atoms with E-state index in [1.54, 1.807) is 7.11 Å². The number of nitro benzene ring substituents is 1. The number of rotatable bonds is 7. The monoisotopic (exact) mass is 366 g/mol. The fourth-order valence-electron chi connectivity index (χ4n) is 3.62. The third kappa shape index (κ3) is 3.35. The molecule has 27 heavy (non-hydrogen) atoms. The van der Waals surface area contributed by atoms with Crippen molar-refractivity contribution in [3.63, 3.8) is 0 Å². The van der Waals surface area contributed by atoms with Crippen LogP contribution in [0.15, 0.2) is 47.5 Å². The number of methoxy groups -OCH3 is 1. The van der Waals surface area contributed by atoms with E-state index in [1.165, 1.54) is 24.3 Å². The number of aliphatic imine (C=N–C) groups is 1. The molecule has 0 N–H and O–H groups in total. The molecule has 0 saturated heterocycles. The summed E-state index contributed by atoms with van der Waals surface area (Å²) in [5.41, 5.74) is 2.92. The SMILES string of the molecule is CCC1(CC)N=C(CC(=O)c2ccc([N+](=O)[O-])cc2)c2cc(OC)ccc21. The molecular formula is C21H22N2O4. The first-order valence-corrected chi connectivity index (χ1v) is 8.99. The first-order chi connectivity index (χ1) is 12.9. The van der Waals surface area contributed by atoms with Gasteiger partial charge in [0.05, 0.1) is 29.7 Å². The van der Waals surface area contributed by atoms with E-state index < -0.39 is 4.92 Å². The summed E-state index contributed by atoms with van der Waals surface area (Å²) in [5, 5.41) is 10.8. The van der Waals surface area contributed by atoms with Crippen molar-refractivity contribution in [2.45, 2.75) is 38.6 Å². The third-order valence-electron chi connectivity index (χ3n) is 5.29. The molecular weight excluding hydrogens is 344 g/mol. The zero-order chi connectivity index (χ0) is 19.6. The fraction of sp³-hybridized carbons (Fsp3) is 0.333. The number of carbonyl (C=O) groups is 1. The first kappa shape index (κ1) is 18.8. The maximum absolute atomic E-state index is 12.8. The minimum absolute atomic E-state index is 0.0316. The zero-order valence-corrected chi connectivity index (χ0v) is 15.7. The van der Waals surface area contributed by atoms with Gasteiger partial charge in [0.1, 0.15) is 5.75 Å². The average Bonchev–Trinajstić information content (AvgIpc) is 3.01. The van der Waals surface area contributed by atoms with E-state index in [9.17, 15) is 14.9 Å². The van der Waals surface area contributed by atoms with Gasteiger partial charge in [0.15, 0.2) is 5.78 Å². The molecule has 3 rings (SSSR count). The van der Waals surface area contributed by atoms with Crippen molar-refractivity contribution in [3.8, 4) is 5.75 Å². The van der Waals surface area contributed by atoms with Crippen LogP contribution in [0, 0.1) is 10.1 Å². The third-order valence-corrected chi connectivity index (χ3v) is 5.29. The number of fused-ring (bicyclic) bond motifs is 1. The van der Waals surface area contributed by atoms with Crippen molar-refractivity contribution in [1.29, 1.82) is 0 Å². The summed E-state index contributed by atoms with van der Waals surface area (Å²) in [6.45, 7) is 4.20. The number of benzene rings is 2. The van der Waals surface area contributed by atoms with E-state index >= 15 is 0 Å². The maximum atomic E-state index is 12.8. The largest absolute Gasteiger partial charge is 0.497 e. The molecule has 0 unspecified atom stereocenters. The highest BCUT2D eigenvalue weighted by Crippen LogP contribution is 2.43. The molecule has 0 saturated carbocycles. The van der Waals surface area contributed by atoms with E-state index in [4.69, 9.17) is 9.73 Å². The van der Waals surface area contributed by atoms with E-state index in [-0.39, 0.29) is 23.4 Å². The Morgan fingerprint density at radius 3 is 2.37 bits per heavy atom. The van der Waals surface area contributed by atoms with Gasteiger partial charge >= 0.3 is 0 Å². The van der Waals surface area contributed by atoms with Crippen LogP contribution in [0.2, 0.25) is 0 Å². The second-order valence-electron chi connectivity index (χ2n) is 6.61. The summed E-state index contributed by atoms with van der Waals surface area (Å²) in [6, 6.07) is 11.6. The van der Waals surface area contributed by atoms with Crippen LogP contribution in [-0.4, -0.2) is 23.5 Å². The van der Waals surface area contributed by atoms with Gasteiger partial charge in [0.2, 0.25) is 0 Å². The van der Waals surface area contributed by atoms with Crippen molar-refractivity contribution in [2.24, 2.45) is 4.99 Å². The normalized spacial score (nSPS) is 14.4. The van der Waals surface area contributed by atoms with Crippen LogP contribution in [-0.2, 0) is 5.54 Å². The number of ether oxygens (including phenoxy) is 1. The molecule has 0 fully saturated rings. The molecule has 1 aliphatic heterocycles. The molecule has 2 aromatic carbocycles. The number of non-ortho nitro benzene ring substituents is 1. The molecule has 0 bridgehead atoms. The molecule has 1 heterocycles. The minimum Gasteiger partial charge on any atom is -0.497 e. The summed E-state index contributed by atoms with van der Waals surface area (Å²) in [5.74, 6) is 0.618. The van der Waals surface area contributed by atoms with Crippen LogP contribution in [0.3, 0.4) is 0 Å². The molecule has 0 aromatic heterocycles. The summed E-state index contributed by atoms with van der Waals surface area (Å²) in [6.07, 6.45) is 1.84. The van der Waals surface area contributed by atoms with Gasteiger partial charge < -0.3 is 4.74 Å². The Morgan fingerprint density at radius 1 is 1.15 bits per heavy atom. The predicted octanol–water partition coefficient (Wildman–Crippen LogP) is 4.69. The van der Waals surface area contributed by atoms with Gasteiger partial charge in [-0.05, 0) is 42.7 Å². The Morgan fingerprint density at radius 2 is 1.81 bits per heavy atom. The quantitative estimate of drug-likeness (QED) is 0.404. The molecule has 0 amide bonds. The van der Waals surface area contributed by atoms with Crippen LogP contribution < -0.4 is 4.74 Å². The number of nitro groups is 1. The molecule has 1 aliphatic rings. The topological polar surface area (TPSA) is 81.8 Å². The number of hydrogen-bond donors (Lipinski definition) is 0. The van der Waals surface area contributed by atoms with E-state index in [2.05, 4.69) is 13.8 Å². The highest BCUT2D eigenvalue weighted by molar-refractivity contribution is 6.17. The number of hydrogen-bond acceptors (Lipinski definition) is 5. The fourth-order valence-corrected chi connectivity index (χ4v) is 3.62.